The number of aromatic nitrogens is 1. The highest BCUT2D eigenvalue weighted by atomic mass is 35.5. The molecule has 0 radical (unpaired) electrons. The van der Waals surface area contributed by atoms with Crippen LogP contribution >= 0.6 is 11.6 Å². The molecule has 0 aliphatic carbocycles. The maximum absolute atomic E-state index is 12.3. The molecule has 4 nitrogen and oxygen atoms in total. The maximum Gasteiger partial charge on any atom is 0.573 e. The minimum atomic E-state index is -4.72. The average molecular weight is 427 g/mol. The van der Waals surface area contributed by atoms with Crippen LogP contribution in [0.3, 0.4) is 0 Å². The lowest BCUT2D eigenvalue weighted by Gasteiger charge is -2.10. The number of aromatic hydroxyl groups is 1. The highest BCUT2D eigenvalue weighted by Gasteiger charge is 2.30. The summed E-state index contributed by atoms with van der Waals surface area (Å²) < 4.78 is 42.3. The van der Waals surface area contributed by atoms with Crippen molar-refractivity contribution in [1.29, 1.82) is 0 Å². The molecule has 0 atom stereocenters. The van der Waals surface area contributed by atoms with Gasteiger partial charge in [0.1, 0.15) is 5.75 Å². The lowest BCUT2D eigenvalue weighted by molar-refractivity contribution is -0.274. The molecule has 0 unspecified atom stereocenters. The van der Waals surface area contributed by atoms with Gasteiger partial charge in [0, 0.05) is 11.6 Å². The van der Waals surface area contributed by atoms with Crippen LogP contribution in [0.1, 0.15) is 17.5 Å². The van der Waals surface area contributed by atoms with E-state index in [9.17, 15) is 18.3 Å². The third kappa shape index (κ3) is 5.58. The standard InChI is InChI=1S/C21H22ClF3N2O2/c1-26(2)9-3-4-15-10-16-13-27(20(28)19(16)18(22)11-15)12-14-5-7-17(8-6-14)29-21(23,24)25/h5-8,10-11,13,28H,3-4,9,12H2,1-2H3. The number of benzene rings is 2. The second kappa shape index (κ2) is 8.55. The Hall–Kier alpha value is -2.38. The van der Waals surface area contributed by atoms with E-state index < -0.39 is 6.36 Å². The lowest BCUT2D eigenvalue weighted by atomic mass is 10.1. The van der Waals surface area contributed by atoms with E-state index in [1.165, 1.54) is 24.3 Å². The van der Waals surface area contributed by atoms with Crippen LogP contribution in [0, 0.1) is 0 Å². The quantitative estimate of drug-likeness (QED) is 0.546. The first-order valence-electron chi connectivity index (χ1n) is 9.12. The first-order chi connectivity index (χ1) is 13.6. The van der Waals surface area contributed by atoms with Crippen LogP contribution in [0.2, 0.25) is 5.02 Å². The van der Waals surface area contributed by atoms with E-state index in [0.29, 0.717) is 17.0 Å². The van der Waals surface area contributed by atoms with Gasteiger partial charge in [-0.15, -0.1) is 13.2 Å². The topological polar surface area (TPSA) is 37.6 Å². The number of halogens is 4. The predicted molar refractivity (Wildman–Crippen MR) is 108 cm³/mol. The largest absolute Gasteiger partial charge is 0.573 e. The van der Waals surface area contributed by atoms with Gasteiger partial charge in [-0.1, -0.05) is 23.7 Å². The van der Waals surface area contributed by atoms with Gasteiger partial charge in [-0.25, -0.2) is 0 Å². The Kier molecular flexibility index (Phi) is 6.29. The normalized spacial score (nSPS) is 12.1. The summed E-state index contributed by atoms with van der Waals surface area (Å²) in [6.07, 6.45) is -1.06. The number of alkyl halides is 3. The molecule has 1 aromatic heterocycles. The summed E-state index contributed by atoms with van der Waals surface area (Å²) in [6.45, 7) is 1.26. The Morgan fingerprint density at radius 2 is 1.79 bits per heavy atom. The smallest absolute Gasteiger partial charge is 0.494 e. The number of hydrogen-bond acceptors (Lipinski definition) is 3. The molecule has 3 rings (SSSR count). The molecular weight excluding hydrogens is 405 g/mol. The zero-order valence-corrected chi connectivity index (χ0v) is 16.9. The molecule has 0 fully saturated rings. The first kappa shape index (κ1) is 21.3. The molecule has 0 spiro atoms. The molecular formula is C21H22ClF3N2O2. The summed E-state index contributed by atoms with van der Waals surface area (Å²) in [5, 5.41) is 12.5. The van der Waals surface area contributed by atoms with Gasteiger partial charge in [0.25, 0.3) is 0 Å². The van der Waals surface area contributed by atoms with Crippen molar-refractivity contribution in [2.24, 2.45) is 0 Å². The third-order valence-corrected chi connectivity index (χ3v) is 4.85. The zero-order chi connectivity index (χ0) is 21.2. The molecule has 0 saturated heterocycles. The minimum Gasteiger partial charge on any atom is -0.494 e. The van der Waals surface area contributed by atoms with Gasteiger partial charge in [0.05, 0.1) is 17.0 Å². The number of fused-ring (bicyclic) bond motifs is 1. The zero-order valence-electron chi connectivity index (χ0n) is 16.1. The van der Waals surface area contributed by atoms with E-state index >= 15 is 0 Å². The Morgan fingerprint density at radius 1 is 1.10 bits per heavy atom. The molecule has 8 heteroatoms. The first-order valence-corrected chi connectivity index (χ1v) is 9.50. The number of aryl methyl sites for hydroxylation is 1. The van der Waals surface area contributed by atoms with E-state index in [1.54, 1.807) is 10.8 Å². The molecule has 1 N–H and O–H groups in total. The number of nitrogens with zero attached hydrogens (tertiary/aromatic N) is 2. The lowest BCUT2D eigenvalue weighted by Crippen LogP contribution is -2.17. The van der Waals surface area contributed by atoms with Gasteiger partial charge in [0.2, 0.25) is 5.88 Å². The predicted octanol–water partition coefficient (Wildman–Crippen LogP) is 5.44. The summed E-state index contributed by atoms with van der Waals surface area (Å²) in [4.78, 5) is 2.12. The van der Waals surface area contributed by atoms with Crippen molar-refractivity contribution in [2.45, 2.75) is 25.7 Å². The molecule has 3 aromatic rings. The van der Waals surface area contributed by atoms with Gasteiger partial charge >= 0.3 is 6.36 Å². The molecule has 0 bridgehead atoms. The van der Waals surface area contributed by atoms with E-state index in [2.05, 4.69) is 9.64 Å². The molecule has 0 saturated carbocycles. The summed E-state index contributed by atoms with van der Waals surface area (Å²) in [7, 11) is 4.05. The Bertz CT molecular complexity index is 982. The monoisotopic (exact) mass is 426 g/mol. The summed E-state index contributed by atoms with van der Waals surface area (Å²) >= 11 is 6.40. The van der Waals surface area contributed by atoms with Gasteiger partial charge in [-0.05, 0) is 68.9 Å². The highest BCUT2D eigenvalue weighted by molar-refractivity contribution is 6.36. The maximum atomic E-state index is 12.3. The fraction of sp³-hybridized carbons (Fsp3) is 0.333. The Labute approximate surface area is 172 Å². The van der Waals surface area contributed by atoms with E-state index in [-0.39, 0.29) is 11.6 Å². The number of ether oxygens (including phenoxy) is 1. The van der Waals surface area contributed by atoms with Crippen molar-refractivity contribution in [2.75, 3.05) is 20.6 Å². The van der Waals surface area contributed by atoms with Crippen molar-refractivity contribution in [3.63, 3.8) is 0 Å². The van der Waals surface area contributed by atoms with Gasteiger partial charge in [-0.3, -0.25) is 0 Å². The van der Waals surface area contributed by atoms with Gasteiger partial charge in [-0.2, -0.15) is 0 Å². The van der Waals surface area contributed by atoms with Crippen LogP contribution in [0.4, 0.5) is 13.2 Å². The van der Waals surface area contributed by atoms with Crippen LogP contribution in [-0.4, -0.2) is 41.6 Å². The second-order valence-corrected chi connectivity index (χ2v) is 7.63. The van der Waals surface area contributed by atoms with Crippen LogP contribution in [0.25, 0.3) is 10.8 Å². The van der Waals surface area contributed by atoms with Crippen molar-refractivity contribution in [3.8, 4) is 11.6 Å². The van der Waals surface area contributed by atoms with Crippen molar-refractivity contribution < 1.29 is 23.0 Å². The summed E-state index contributed by atoms with van der Waals surface area (Å²) in [5.41, 5.74) is 1.81. The van der Waals surface area contributed by atoms with Gasteiger partial charge in [0.15, 0.2) is 0 Å². The Balaban J connectivity index is 1.79. The fourth-order valence-electron chi connectivity index (χ4n) is 3.25. The van der Waals surface area contributed by atoms with Crippen molar-refractivity contribution >= 4 is 22.4 Å². The van der Waals surface area contributed by atoms with Crippen molar-refractivity contribution in [3.05, 3.63) is 58.7 Å². The third-order valence-electron chi connectivity index (χ3n) is 4.55. The number of rotatable bonds is 7. The van der Waals surface area contributed by atoms with Gasteiger partial charge < -0.3 is 19.3 Å². The van der Waals surface area contributed by atoms with Crippen molar-refractivity contribution in [1.82, 2.24) is 9.47 Å². The summed E-state index contributed by atoms with van der Waals surface area (Å²) in [6, 6.07) is 9.43. The van der Waals surface area contributed by atoms with E-state index in [0.717, 1.165) is 35.9 Å². The van der Waals surface area contributed by atoms with E-state index in [1.807, 2.05) is 26.2 Å². The molecule has 29 heavy (non-hydrogen) atoms. The minimum absolute atomic E-state index is 0.0282. The Morgan fingerprint density at radius 3 is 2.41 bits per heavy atom. The molecule has 1 heterocycles. The number of hydrogen-bond donors (Lipinski definition) is 1. The molecule has 2 aromatic carbocycles. The SMILES string of the molecule is CN(C)CCCc1cc(Cl)c2c(O)n(Cc3ccc(OC(F)(F)F)cc3)cc2c1. The highest BCUT2D eigenvalue weighted by Crippen LogP contribution is 2.35. The van der Waals surface area contributed by atoms with Crippen LogP contribution in [0.15, 0.2) is 42.6 Å². The second-order valence-electron chi connectivity index (χ2n) is 7.22. The molecule has 156 valence electrons. The van der Waals surface area contributed by atoms with Crippen LogP contribution in [-0.2, 0) is 13.0 Å². The molecule has 0 amide bonds. The molecule has 0 aliphatic rings. The van der Waals surface area contributed by atoms with Crippen LogP contribution in [0.5, 0.6) is 11.6 Å². The summed E-state index contributed by atoms with van der Waals surface area (Å²) in [5.74, 6) is -0.256. The average Bonchev–Trinajstić information content (AvgIpc) is 2.91. The van der Waals surface area contributed by atoms with Crippen LogP contribution < -0.4 is 4.74 Å². The molecule has 0 aliphatic heterocycles. The van der Waals surface area contributed by atoms with E-state index in [4.69, 9.17) is 11.6 Å². The fourth-order valence-corrected chi connectivity index (χ4v) is 3.59.